The van der Waals surface area contributed by atoms with Crippen LogP contribution in [0.1, 0.15) is 42.9 Å². The second-order valence-corrected chi connectivity index (χ2v) is 5.87. The van der Waals surface area contributed by atoms with Crippen molar-refractivity contribution in [3.8, 4) is 0 Å². The molecular formula is C16H24O. The molecule has 1 fully saturated rings. The largest absolute Gasteiger partial charge is 0.392 e. The predicted molar refractivity (Wildman–Crippen MR) is 72.1 cm³/mol. The molecule has 0 bridgehead atoms. The molecule has 0 saturated heterocycles. The van der Waals surface area contributed by atoms with E-state index in [0.717, 1.165) is 12.3 Å². The number of aliphatic hydroxyl groups excluding tert-OH is 1. The minimum absolute atomic E-state index is 0.151. The Labute approximate surface area is 105 Å². The maximum Gasteiger partial charge on any atom is 0.0608 e. The van der Waals surface area contributed by atoms with Gasteiger partial charge in [-0.05, 0) is 61.6 Å². The molecule has 0 aromatic heterocycles. The monoisotopic (exact) mass is 232 g/mol. The molecule has 0 amide bonds. The van der Waals surface area contributed by atoms with Gasteiger partial charge in [-0.2, -0.15) is 0 Å². The maximum atomic E-state index is 10.3. The van der Waals surface area contributed by atoms with E-state index < -0.39 is 0 Å². The summed E-state index contributed by atoms with van der Waals surface area (Å²) in [4.78, 5) is 0. The second-order valence-electron chi connectivity index (χ2n) is 5.87. The quantitative estimate of drug-likeness (QED) is 0.843. The zero-order valence-electron chi connectivity index (χ0n) is 11.2. The summed E-state index contributed by atoms with van der Waals surface area (Å²) in [7, 11) is 0. The van der Waals surface area contributed by atoms with Gasteiger partial charge in [0.25, 0.3) is 0 Å². The molecular weight excluding hydrogens is 208 g/mol. The molecule has 1 saturated carbocycles. The van der Waals surface area contributed by atoms with Crippen molar-refractivity contribution in [2.24, 2.45) is 11.8 Å². The van der Waals surface area contributed by atoms with Crippen molar-refractivity contribution in [1.29, 1.82) is 0 Å². The minimum Gasteiger partial charge on any atom is -0.392 e. The summed E-state index contributed by atoms with van der Waals surface area (Å²) in [5.74, 6) is 1.32. The van der Waals surface area contributed by atoms with E-state index >= 15 is 0 Å². The average molecular weight is 232 g/mol. The Bertz CT molecular complexity index is 383. The summed E-state index contributed by atoms with van der Waals surface area (Å²) in [6.45, 7) is 6.57. The van der Waals surface area contributed by atoms with Crippen molar-refractivity contribution in [2.45, 2.75) is 52.6 Å². The van der Waals surface area contributed by atoms with E-state index in [9.17, 15) is 5.11 Å². The Hall–Kier alpha value is -0.820. The number of aliphatic hydroxyl groups is 1. The first-order valence-corrected chi connectivity index (χ1v) is 6.80. The lowest BCUT2D eigenvalue weighted by Gasteiger charge is -2.18. The third-order valence-corrected chi connectivity index (χ3v) is 4.30. The number of hydrogen-bond acceptors (Lipinski definition) is 1. The Kier molecular flexibility index (Phi) is 3.88. The van der Waals surface area contributed by atoms with Gasteiger partial charge in [-0.25, -0.2) is 0 Å². The molecule has 3 atom stereocenters. The Morgan fingerprint density at radius 3 is 2.59 bits per heavy atom. The van der Waals surface area contributed by atoms with Crippen LogP contribution >= 0.6 is 0 Å². The van der Waals surface area contributed by atoms with Gasteiger partial charge in [-0.3, -0.25) is 0 Å². The summed E-state index contributed by atoms with van der Waals surface area (Å²) in [6, 6.07) is 6.54. The van der Waals surface area contributed by atoms with E-state index in [2.05, 4.69) is 39.0 Å². The smallest absolute Gasteiger partial charge is 0.0608 e. The third kappa shape index (κ3) is 3.10. The minimum atomic E-state index is -0.151. The van der Waals surface area contributed by atoms with Crippen LogP contribution < -0.4 is 0 Å². The van der Waals surface area contributed by atoms with Gasteiger partial charge >= 0.3 is 0 Å². The molecule has 1 N–H and O–H groups in total. The van der Waals surface area contributed by atoms with Crippen molar-refractivity contribution >= 4 is 0 Å². The van der Waals surface area contributed by atoms with Gasteiger partial charge in [0.1, 0.15) is 0 Å². The summed E-state index contributed by atoms with van der Waals surface area (Å²) in [6.07, 6.45) is 4.36. The van der Waals surface area contributed by atoms with Crippen LogP contribution in [0.15, 0.2) is 18.2 Å². The fraction of sp³-hybridized carbons (Fsp3) is 0.625. The molecule has 0 radical (unpaired) electrons. The third-order valence-electron chi connectivity index (χ3n) is 4.30. The predicted octanol–water partition coefficient (Wildman–Crippen LogP) is 3.64. The lowest BCUT2D eigenvalue weighted by Crippen LogP contribution is -2.20. The summed E-state index contributed by atoms with van der Waals surface area (Å²) in [5.41, 5.74) is 3.94. The number of aryl methyl sites for hydroxylation is 2. The average Bonchev–Trinajstić information content (AvgIpc) is 2.70. The number of rotatable bonds is 3. The van der Waals surface area contributed by atoms with Crippen LogP contribution in [-0.4, -0.2) is 11.2 Å². The van der Waals surface area contributed by atoms with Crippen LogP contribution in [0.3, 0.4) is 0 Å². The van der Waals surface area contributed by atoms with E-state index in [1.807, 2.05) is 0 Å². The van der Waals surface area contributed by atoms with Crippen LogP contribution in [0, 0.1) is 25.7 Å². The first-order valence-electron chi connectivity index (χ1n) is 6.80. The molecule has 1 aliphatic rings. The van der Waals surface area contributed by atoms with Crippen molar-refractivity contribution in [3.05, 3.63) is 34.9 Å². The van der Waals surface area contributed by atoms with Crippen molar-refractivity contribution < 1.29 is 5.11 Å². The van der Waals surface area contributed by atoms with Gasteiger partial charge < -0.3 is 5.11 Å². The highest BCUT2D eigenvalue weighted by molar-refractivity contribution is 5.30. The lowest BCUT2D eigenvalue weighted by atomic mass is 9.93. The molecule has 1 aromatic rings. The Balaban J connectivity index is 1.98. The van der Waals surface area contributed by atoms with E-state index in [4.69, 9.17) is 0 Å². The zero-order chi connectivity index (χ0) is 12.4. The molecule has 1 aromatic carbocycles. The SMILES string of the molecule is Cc1ccc(CC(O)C2CCC(C)C2)cc1C. The van der Waals surface area contributed by atoms with Crippen LogP contribution in [0.5, 0.6) is 0 Å². The Morgan fingerprint density at radius 2 is 2.00 bits per heavy atom. The van der Waals surface area contributed by atoms with Crippen LogP contribution in [0.4, 0.5) is 0 Å². The molecule has 3 unspecified atom stereocenters. The van der Waals surface area contributed by atoms with E-state index in [0.29, 0.717) is 5.92 Å². The fourth-order valence-corrected chi connectivity index (χ4v) is 2.94. The molecule has 94 valence electrons. The summed E-state index contributed by atoms with van der Waals surface area (Å²) in [5, 5.41) is 10.3. The van der Waals surface area contributed by atoms with Gasteiger partial charge in [-0.15, -0.1) is 0 Å². The first kappa shape index (κ1) is 12.6. The molecule has 0 aliphatic heterocycles. The van der Waals surface area contributed by atoms with E-state index in [-0.39, 0.29) is 6.10 Å². The number of hydrogen-bond donors (Lipinski definition) is 1. The Morgan fingerprint density at radius 1 is 1.24 bits per heavy atom. The highest BCUT2D eigenvalue weighted by atomic mass is 16.3. The molecule has 1 aliphatic carbocycles. The standard InChI is InChI=1S/C16H24O/c1-11-4-7-15(8-11)16(17)10-14-6-5-12(2)13(3)9-14/h5-6,9,11,15-17H,4,7-8,10H2,1-3H3. The van der Waals surface area contributed by atoms with Gasteiger partial charge in [0, 0.05) is 0 Å². The van der Waals surface area contributed by atoms with Crippen molar-refractivity contribution in [2.75, 3.05) is 0 Å². The zero-order valence-corrected chi connectivity index (χ0v) is 11.2. The van der Waals surface area contributed by atoms with Crippen molar-refractivity contribution in [1.82, 2.24) is 0 Å². The lowest BCUT2D eigenvalue weighted by molar-refractivity contribution is 0.109. The topological polar surface area (TPSA) is 20.2 Å². The second kappa shape index (κ2) is 5.22. The van der Waals surface area contributed by atoms with Gasteiger partial charge in [0.15, 0.2) is 0 Å². The van der Waals surface area contributed by atoms with Crippen LogP contribution in [-0.2, 0) is 6.42 Å². The highest BCUT2D eigenvalue weighted by Gasteiger charge is 2.27. The van der Waals surface area contributed by atoms with Crippen LogP contribution in [0.2, 0.25) is 0 Å². The molecule has 0 spiro atoms. The normalized spacial score (nSPS) is 26.1. The molecule has 0 heterocycles. The van der Waals surface area contributed by atoms with Gasteiger partial charge in [-0.1, -0.05) is 31.5 Å². The van der Waals surface area contributed by atoms with E-state index in [1.165, 1.54) is 36.0 Å². The van der Waals surface area contributed by atoms with Gasteiger partial charge in [0.05, 0.1) is 6.10 Å². The maximum absolute atomic E-state index is 10.3. The molecule has 17 heavy (non-hydrogen) atoms. The number of benzene rings is 1. The van der Waals surface area contributed by atoms with Gasteiger partial charge in [0.2, 0.25) is 0 Å². The molecule has 2 rings (SSSR count). The van der Waals surface area contributed by atoms with Crippen molar-refractivity contribution in [3.63, 3.8) is 0 Å². The first-order chi connectivity index (χ1) is 8.06. The molecule has 1 heteroatoms. The highest BCUT2D eigenvalue weighted by Crippen LogP contribution is 2.33. The molecule has 1 nitrogen and oxygen atoms in total. The summed E-state index contributed by atoms with van der Waals surface area (Å²) < 4.78 is 0. The summed E-state index contributed by atoms with van der Waals surface area (Å²) >= 11 is 0. The van der Waals surface area contributed by atoms with E-state index in [1.54, 1.807) is 0 Å². The van der Waals surface area contributed by atoms with Crippen LogP contribution in [0.25, 0.3) is 0 Å². The fourth-order valence-electron chi connectivity index (χ4n) is 2.94.